The summed E-state index contributed by atoms with van der Waals surface area (Å²) in [5.41, 5.74) is 2.11. The van der Waals surface area contributed by atoms with Crippen LogP contribution in [0.4, 0.5) is 11.4 Å². The molecule has 30 heavy (non-hydrogen) atoms. The number of benzene rings is 2. The third-order valence-corrected chi connectivity index (χ3v) is 5.31. The standard InChI is InChI=1S/C21H25N3O5S/c1-14-12-15(9-10-18(14)24-30(2,27)28)20(25)23-19-8-4-3-7-17(19)21(26)22-13-16-6-5-11-29-16/h3-4,7-10,12,16,24H,5-6,11,13H2,1-2H3,(H,22,26)(H,23,25)/t16-/m1/s1. The Hall–Kier alpha value is -2.91. The maximum atomic E-state index is 12.7. The predicted molar refractivity (Wildman–Crippen MR) is 115 cm³/mol. The molecule has 9 heteroatoms. The lowest BCUT2D eigenvalue weighted by Crippen LogP contribution is -2.32. The Labute approximate surface area is 176 Å². The average Bonchev–Trinajstić information content (AvgIpc) is 3.20. The Morgan fingerprint density at radius 1 is 1.10 bits per heavy atom. The fraction of sp³-hybridized carbons (Fsp3) is 0.333. The van der Waals surface area contributed by atoms with Crippen LogP contribution in [-0.2, 0) is 14.8 Å². The Balaban J connectivity index is 1.71. The van der Waals surface area contributed by atoms with Crippen molar-refractivity contribution >= 4 is 33.2 Å². The molecule has 1 atom stereocenters. The first-order valence-corrected chi connectivity index (χ1v) is 11.5. The van der Waals surface area contributed by atoms with Gasteiger partial charge in [0.2, 0.25) is 10.0 Å². The number of hydrogen-bond acceptors (Lipinski definition) is 5. The Morgan fingerprint density at radius 3 is 2.53 bits per heavy atom. The first-order chi connectivity index (χ1) is 14.2. The van der Waals surface area contributed by atoms with Crippen molar-refractivity contribution in [2.75, 3.05) is 29.4 Å². The third kappa shape index (κ3) is 5.80. The lowest BCUT2D eigenvalue weighted by atomic mass is 10.1. The highest BCUT2D eigenvalue weighted by atomic mass is 32.2. The van der Waals surface area contributed by atoms with Crippen LogP contribution in [-0.4, -0.2) is 45.7 Å². The lowest BCUT2D eigenvalue weighted by Gasteiger charge is -2.14. The summed E-state index contributed by atoms with van der Waals surface area (Å²) in [4.78, 5) is 25.3. The monoisotopic (exact) mass is 431 g/mol. The van der Waals surface area contributed by atoms with Crippen molar-refractivity contribution in [3.8, 4) is 0 Å². The predicted octanol–water partition coefficient (Wildman–Crippen LogP) is 2.53. The van der Waals surface area contributed by atoms with Gasteiger partial charge >= 0.3 is 0 Å². The first-order valence-electron chi connectivity index (χ1n) is 9.61. The van der Waals surface area contributed by atoms with E-state index in [0.717, 1.165) is 19.1 Å². The number of para-hydroxylation sites is 1. The molecule has 160 valence electrons. The highest BCUT2D eigenvalue weighted by Crippen LogP contribution is 2.20. The van der Waals surface area contributed by atoms with Gasteiger partial charge in [-0.3, -0.25) is 14.3 Å². The van der Waals surface area contributed by atoms with Crippen molar-refractivity contribution in [1.82, 2.24) is 5.32 Å². The molecule has 1 saturated heterocycles. The minimum atomic E-state index is -3.41. The van der Waals surface area contributed by atoms with Crippen molar-refractivity contribution in [2.24, 2.45) is 0 Å². The number of hydrogen-bond donors (Lipinski definition) is 3. The fourth-order valence-corrected chi connectivity index (χ4v) is 3.84. The Bertz CT molecular complexity index is 1050. The van der Waals surface area contributed by atoms with Crippen LogP contribution < -0.4 is 15.4 Å². The summed E-state index contributed by atoms with van der Waals surface area (Å²) in [7, 11) is -3.41. The van der Waals surface area contributed by atoms with E-state index in [1.807, 2.05) is 0 Å². The summed E-state index contributed by atoms with van der Waals surface area (Å²) in [5.74, 6) is -0.686. The van der Waals surface area contributed by atoms with E-state index in [1.165, 1.54) is 12.1 Å². The van der Waals surface area contributed by atoms with Crippen LogP contribution in [0.5, 0.6) is 0 Å². The van der Waals surface area contributed by atoms with Crippen LogP contribution >= 0.6 is 0 Å². The highest BCUT2D eigenvalue weighted by molar-refractivity contribution is 7.92. The van der Waals surface area contributed by atoms with Gasteiger partial charge in [-0.15, -0.1) is 0 Å². The number of ether oxygens (including phenoxy) is 1. The van der Waals surface area contributed by atoms with E-state index in [4.69, 9.17) is 4.74 Å². The Kier molecular flexibility index (Phi) is 6.73. The summed E-state index contributed by atoms with van der Waals surface area (Å²) in [5, 5.41) is 5.61. The molecule has 2 aromatic rings. The van der Waals surface area contributed by atoms with Gasteiger partial charge in [0.05, 0.1) is 29.3 Å². The molecule has 0 aliphatic carbocycles. The van der Waals surface area contributed by atoms with Crippen molar-refractivity contribution < 1.29 is 22.7 Å². The number of rotatable bonds is 7. The van der Waals surface area contributed by atoms with Gasteiger partial charge in [-0.2, -0.15) is 0 Å². The largest absolute Gasteiger partial charge is 0.376 e. The molecule has 1 heterocycles. The van der Waals surface area contributed by atoms with E-state index in [9.17, 15) is 18.0 Å². The molecule has 1 aliphatic heterocycles. The molecule has 0 spiro atoms. The van der Waals surface area contributed by atoms with Gasteiger partial charge in [-0.1, -0.05) is 12.1 Å². The molecule has 3 N–H and O–H groups in total. The van der Waals surface area contributed by atoms with E-state index in [-0.39, 0.29) is 12.0 Å². The highest BCUT2D eigenvalue weighted by Gasteiger charge is 2.19. The van der Waals surface area contributed by atoms with Gasteiger partial charge in [0.15, 0.2) is 0 Å². The van der Waals surface area contributed by atoms with Crippen molar-refractivity contribution in [3.63, 3.8) is 0 Å². The normalized spacial score (nSPS) is 16.1. The van der Waals surface area contributed by atoms with Gasteiger partial charge in [0.1, 0.15) is 0 Å². The molecule has 0 radical (unpaired) electrons. The maximum absolute atomic E-state index is 12.7. The van der Waals surface area contributed by atoms with Crippen LogP contribution in [0.25, 0.3) is 0 Å². The van der Waals surface area contributed by atoms with Gasteiger partial charge in [0.25, 0.3) is 11.8 Å². The molecule has 0 unspecified atom stereocenters. The van der Waals surface area contributed by atoms with Crippen LogP contribution in [0.2, 0.25) is 0 Å². The number of anilines is 2. The van der Waals surface area contributed by atoms with E-state index in [1.54, 1.807) is 37.3 Å². The SMILES string of the molecule is Cc1cc(C(=O)Nc2ccccc2C(=O)NC[C@H]2CCCO2)ccc1NS(C)(=O)=O. The number of carbonyl (C=O) groups excluding carboxylic acids is 2. The molecule has 0 saturated carbocycles. The zero-order valence-electron chi connectivity index (χ0n) is 16.9. The number of carbonyl (C=O) groups is 2. The van der Waals surface area contributed by atoms with Crippen molar-refractivity contribution in [3.05, 3.63) is 59.2 Å². The second kappa shape index (κ2) is 9.27. The fourth-order valence-electron chi connectivity index (χ4n) is 3.21. The molecule has 2 aromatic carbocycles. The van der Waals surface area contributed by atoms with E-state index < -0.39 is 15.9 Å². The summed E-state index contributed by atoms with van der Waals surface area (Å²) in [6.45, 7) is 2.84. The summed E-state index contributed by atoms with van der Waals surface area (Å²) in [6, 6.07) is 11.4. The van der Waals surface area contributed by atoms with Crippen molar-refractivity contribution in [1.29, 1.82) is 0 Å². The number of aryl methyl sites for hydroxylation is 1. The number of amides is 2. The molecule has 0 bridgehead atoms. The molecule has 0 aromatic heterocycles. The summed E-state index contributed by atoms with van der Waals surface area (Å²) in [6.07, 6.45) is 3.00. The van der Waals surface area contributed by atoms with Crippen LogP contribution in [0.3, 0.4) is 0 Å². The quantitative estimate of drug-likeness (QED) is 0.623. The molecular formula is C21H25N3O5S. The van der Waals surface area contributed by atoms with E-state index >= 15 is 0 Å². The van der Waals surface area contributed by atoms with Gasteiger partial charge in [0, 0.05) is 18.7 Å². The molecule has 2 amide bonds. The smallest absolute Gasteiger partial charge is 0.255 e. The molecule has 8 nitrogen and oxygen atoms in total. The van der Waals surface area contributed by atoms with Gasteiger partial charge in [-0.25, -0.2) is 8.42 Å². The zero-order chi connectivity index (χ0) is 21.7. The van der Waals surface area contributed by atoms with Gasteiger partial charge < -0.3 is 15.4 Å². The summed E-state index contributed by atoms with van der Waals surface area (Å²) < 4.78 is 30.8. The second-order valence-electron chi connectivity index (χ2n) is 7.25. The van der Waals surface area contributed by atoms with Crippen molar-refractivity contribution in [2.45, 2.75) is 25.9 Å². The maximum Gasteiger partial charge on any atom is 0.255 e. The van der Waals surface area contributed by atoms with Crippen LogP contribution in [0.1, 0.15) is 39.1 Å². The van der Waals surface area contributed by atoms with Gasteiger partial charge in [-0.05, 0) is 55.7 Å². The summed E-state index contributed by atoms with van der Waals surface area (Å²) >= 11 is 0. The third-order valence-electron chi connectivity index (χ3n) is 4.72. The van der Waals surface area contributed by atoms with E-state index in [2.05, 4.69) is 15.4 Å². The molecule has 1 aliphatic rings. The van der Waals surface area contributed by atoms with Crippen LogP contribution in [0, 0.1) is 6.92 Å². The molecular weight excluding hydrogens is 406 g/mol. The average molecular weight is 432 g/mol. The number of sulfonamides is 1. The zero-order valence-corrected chi connectivity index (χ0v) is 17.7. The topological polar surface area (TPSA) is 114 Å². The molecule has 3 rings (SSSR count). The Morgan fingerprint density at radius 2 is 1.87 bits per heavy atom. The minimum absolute atomic E-state index is 0.0257. The first kappa shape index (κ1) is 21.8. The second-order valence-corrected chi connectivity index (χ2v) is 9.00. The minimum Gasteiger partial charge on any atom is -0.376 e. The lowest BCUT2D eigenvalue weighted by molar-refractivity contribution is 0.0858. The number of nitrogens with one attached hydrogen (secondary N) is 3. The van der Waals surface area contributed by atoms with E-state index in [0.29, 0.717) is 41.2 Å². The van der Waals surface area contributed by atoms with Crippen LogP contribution in [0.15, 0.2) is 42.5 Å². The molecule has 1 fully saturated rings.